The summed E-state index contributed by atoms with van der Waals surface area (Å²) in [7, 11) is 0. The molecule has 5 heteroatoms. The second kappa shape index (κ2) is 5.05. The van der Waals surface area contributed by atoms with Gasteiger partial charge in [0.05, 0.1) is 17.4 Å². The Morgan fingerprint density at radius 1 is 1.10 bits per heavy atom. The van der Waals surface area contributed by atoms with Crippen molar-refractivity contribution in [1.29, 1.82) is 0 Å². The molecule has 2 aromatic heterocycles. The molecule has 0 radical (unpaired) electrons. The van der Waals surface area contributed by atoms with Gasteiger partial charge < -0.3 is 0 Å². The van der Waals surface area contributed by atoms with E-state index in [1.807, 2.05) is 30.3 Å². The third-order valence-corrected chi connectivity index (χ3v) is 2.86. The molecule has 0 N–H and O–H groups in total. The van der Waals surface area contributed by atoms with Crippen molar-refractivity contribution >= 4 is 5.78 Å². The van der Waals surface area contributed by atoms with E-state index in [4.69, 9.17) is 0 Å². The monoisotopic (exact) mass is 267 g/mol. The van der Waals surface area contributed by atoms with Gasteiger partial charge >= 0.3 is 0 Å². The molecule has 0 amide bonds. The molecule has 0 bridgehead atoms. The van der Waals surface area contributed by atoms with E-state index in [9.17, 15) is 9.18 Å². The highest BCUT2D eigenvalue weighted by Crippen LogP contribution is 2.13. The van der Waals surface area contributed by atoms with Crippen LogP contribution in [-0.2, 0) is 0 Å². The minimum atomic E-state index is -0.647. The van der Waals surface area contributed by atoms with Gasteiger partial charge in [0.15, 0.2) is 5.82 Å². The molecule has 0 fully saturated rings. The number of benzene rings is 1. The van der Waals surface area contributed by atoms with Crippen molar-refractivity contribution in [3.63, 3.8) is 0 Å². The van der Waals surface area contributed by atoms with Crippen molar-refractivity contribution in [2.45, 2.75) is 0 Å². The molecule has 4 nitrogen and oxygen atoms in total. The van der Waals surface area contributed by atoms with Gasteiger partial charge in [-0.1, -0.05) is 18.2 Å². The Labute approximate surface area is 114 Å². The highest BCUT2D eigenvalue weighted by atomic mass is 19.1. The number of carbonyl (C=O) groups is 1. The number of halogens is 1. The predicted octanol–water partition coefficient (Wildman–Crippen LogP) is 2.64. The summed E-state index contributed by atoms with van der Waals surface area (Å²) >= 11 is 0. The maximum absolute atomic E-state index is 13.5. The van der Waals surface area contributed by atoms with E-state index in [1.54, 1.807) is 16.9 Å². The van der Waals surface area contributed by atoms with Crippen molar-refractivity contribution < 1.29 is 9.18 Å². The molecule has 3 aromatic rings. The van der Waals surface area contributed by atoms with Crippen LogP contribution in [0, 0.1) is 5.82 Å². The van der Waals surface area contributed by atoms with Crippen LogP contribution in [0.4, 0.5) is 4.39 Å². The maximum Gasteiger partial charge on any atom is 0.216 e. The van der Waals surface area contributed by atoms with E-state index in [2.05, 4.69) is 10.1 Å². The van der Waals surface area contributed by atoms with Gasteiger partial charge in [0, 0.05) is 12.4 Å². The first kappa shape index (κ1) is 12.2. The number of ketones is 1. The predicted molar refractivity (Wildman–Crippen MR) is 71.2 cm³/mol. The molecule has 0 atom stereocenters. The number of para-hydroxylation sites is 1. The van der Waals surface area contributed by atoms with Crippen molar-refractivity contribution in [1.82, 2.24) is 14.8 Å². The quantitative estimate of drug-likeness (QED) is 0.685. The van der Waals surface area contributed by atoms with Gasteiger partial charge in [0.25, 0.3) is 0 Å². The SMILES string of the molecule is O=C(c1ccn(-c2ccccc2)n1)c1ccncc1F. The van der Waals surface area contributed by atoms with Crippen LogP contribution in [0.5, 0.6) is 0 Å². The van der Waals surface area contributed by atoms with Crippen LogP contribution >= 0.6 is 0 Å². The molecule has 3 rings (SSSR count). The summed E-state index contributed by atoms with van der Waals surface area (Å²) in [6, 6.07) is 12.3. The summed E-state index contributed by atoms with van der Waals surface area (Å²) in [4.78, 5) is 15.8. The van der Waals surface area contributed by atoms with Gasteiger partial charge in [-0.3, -0.25) is 9.78 Å². The minimum Gasteiger partial charge on any atom is -0.287 e. The number of pyridine rings is 1. The summed E-state index contributed by atoms with van der Waals surface area (Å²) in [5.41, 5.74) is 0.999. The third-order valence-electron chi connectivity index (χ3n) is 2.86. The minimum absolute atomic E-state index is 0.0293. The van der Waals surface area contributed by atoms with Crippen LogP contribution in [0.3, 0.4) is 0 Å². The van der Waals surface area contributed by atoms with Gasteiger partial charge in [-0.2, -0.15) is 5.10 Å². The molecule has 0 spiro atoms. The number of rotatable bonds is 3. The van der Waals surface area contributed by atoms with E-state index in [1.165, 1.54) is 12.3 Å². The first-order valence-corrected chi connectivity index (χ1v) is 6.01. The Balaban J connectivity index is 1.95. The van der Waals surface area contributed by atoms with Crippen molar-refractivity contribution in [2.24, 2.45) is 0 Å². The Kier molecular flexibility index (Phi) is 3.09. The average molecular weight is 267 g/mol. The molecule has 20 heavy (non-hydrogen) atoms. The fourth-order valence-corrected chi connectivity index (χ4v) is 1.87. The Morgan fingerprint density at radius 2 is 1.90 bits per heavy atom. The van der Waals surface area contributed by atoms with E-state index < -0.39 is 11.6 Å². The molecule has 0 saturated heterocycles. The number of nitrogens with zero attached hydrogens (tertiary/aromatic N) is 3. The highest BCUT2D eigenvalue weighted by Gasteiger charge is 2.16. The van der Waals surface area contributed by atoms with Gasteiger partial charge in [0.1, 0.15) is 5.69 Å². The summed E-state index contributed by atoms with van der Waals surface area (Å²) in [5.74, 6) is -1.11. The summed E-state index contributed by atoms with van der Waals surface area (Å²) in [6.45, 7) is 0. The highest BCUT2D eigenvalue weighted by molar-refractivity contribution is 6.07. The van der Waals surface area contributed by atoms with E-state index >= 15 is 0 Å². The Morgan fingerprint density at radius 3 is 2.65 bits per heavy atom. The zero-order valence-corrected chi connectivity index (χ0v) is 10.4. The van der Waals surface area contributed by atoms with Crippen LogP contribution in [0.15, 0.2) is 61.1 Å². The van der Waals surface area contributed by atoms with Crippen LogP contribution in [0.25, 0.3) is 5.69 Å². The summed E-state index contributed by atoms with van der Waals surface area (Å²) in [6.07, 6.45) is 4.06. The molecule has 1 aromatic carbocycles. The van der Waals surface area contributed by atoms with Crippen LogP contribution in [0.1, 0.15) is 16.1 Å². The third kappa shape index (κ3) is 2.21. The fraction of sp³-hybridized carbons (Fsp3) is 0. The molecule has 2 heterocycles. The lowest BCUT2D eigenvalue weighted by atomic mass is 10.1. The lowest BCUT2D eigenvalue weighted by Gasteiger charge is -2.00. The van der Waals surface area contributed by atoms with Crippen molar-refractivity contribution in [3.05, 3.63) is 78.1 Å². The molecule has 0 saturated carbocycles. The summed E-state index contributed by atoms with van der Waals surface area (Å²) in [5, 5.41) is 4.18. The van der Waals surface area contributed by atoms with Crippen LogP contribution in [0.2, 0.25) is 0 Å². The second-order valence-corrected chi connectivity index (χ2v) is 4.17. The number of aromatic nitrogens is 3. The number of hydrogen-bond donors (Lipinski definition) is 0. The molecular weight excluding hydrogens is 257 g/mol. The summed E-state index contributed by atoms with van der Waals surface area (Å²) < 4.78 is 15.1. The molecule has 98 valence electrons. The smallest absolute Gasteiger partial charge is 0.216 e. The van der Waals surface area contributed by atoms with Gasteiger partial charge in [-0.15, -0.1) is 0 Å². The van der Waals surface area contributed by atoms with Gasteiger partial charge in [-0.25, -0.2) is 9.07 Å². The normalized spacial score (nSPS) is 10.4. The molecule has 0 aliphatic carbocycles. The van der Waals surface area contributed by atoms with E-state index in [0.717, 1.165) is 11.9 Å². The number of carbonyl (C=O) groups excluding carboxylic acids is 1. The topological polar surface area (TPSA) is 47.8 Å². The lowest BCUT2D eigenvalue weighted by molar-refractivity contribution is 0.103. The zero-order chi connectivity index (χ0) is 13.9. The van der Waals surface area contributed by atoms with Gasteiger partial charge in [-0.05, 0) is 24.3 Å². The molecular formula is C15H10FN3O. The van der Waals surface area contributed by atoms with Crippen LogP contribution < -0.4 is 0 Å². The largest absolute Gasteiger partial charge is 0.287 e. The van der Waals surface area contributed by atoms with Crippen molar-refractivity contribution in [2.75, 3.05) is 0 Å². The van der Waals surface area contributed by atoms with Gasteiger partial charge in [0.2, 0.25) is 5.78 Å². The van der Waals surface area contributed by atoms with Crippen LogP contribution in [-0.4, -0.2) is 20.5 Å². The number of hydrogen-bond acceptors (Lipinski definition) is 3. The van der Waals surface area contributed by atoms with E-state index in [0.29, 0.717) is 0 Å². The first-order chi connectivity index (χ1) is 9.75. The average Bonchev–Trinajstić information content (AvgIpc) is 2.98. The standard InChI is InChI=1S/C15H10FN3O/c16-13-10-17-8-6-12(13)15(20)14-7-9-19(18-14)11-4-2-1-3-5-11/h1-10H. The second-order valence-electron chi connectivity index (χ2n) is 4.17. The molecule has 0 aliphatic heterocycles. The Hall–Kier alpha value is -2.82. The molecule has 0 aliphatic rings. The van der Waals surface area contributed by atoms with E-state index in [-0.39, 0.29) is 11.3 Å². The first-order valence-electron chi connectivity index (χ1n) is 6.01. The zero-order valence-electron chi connectivity index (χ0n) is 10.4. The molecule has 0 unspecified atom stereocenters. The fourth-order valence-electron chi connectivity index (χ4n) is 1.87. The maximum atomic E-state index is 13.5. The Bertz CT molecular complexity index is 753. The lowest BCUT2D eigenvalue weighted by Crippen LogP contribution is -2.06. The van der Waals surface area contributed by atoms with Crippen molar-refractivity contribution in [3.8, 4) is 5.69 Å².